The van der Waals surface area contributed by atoms with E-state index in [1.54, 1.807) is 0 Å². The molecule has 286 valence electrons. The maximum atomic E-state index is 2.55. The van der Waals surface area contributed by atoms with Crippen LogP contribution in [0.15, 0.2) is 194 Å². The summed E-state index contributed by atoms with van der Waals surface area (Å²) in [5, 5.41) is 4.92. The summed E-state index contributed by atoms with van der Waals surface area (Å²) in [6.07, 6.45) is 0. The van der Waals surface area contributed by atoms with E-state index in [2.05, 4.69) is 231 Å². The Morgan fingerprint density at radius 3 is 1.72 bits per heavy atom. The van der Waals surface area contributed by atoms with Crippen LogP contribution in [-0.2, 0) is 10.8 Å². The highest BCUT2D eigenvalue weighted by Gasteiger charge is 2.39. The third-order valence-electron chi connectivity index (χ3n) is 13.8. The number of rotatable bonds is 5. The van der Waals surface area contributed by atoms with Crippen LogP contribution >= 0.6 is 0 Å². The molecule has 0 fully saturated rings. The van der Waals surface area contributed by atoms with Crippen LogP contribution in [0, 0.1) is 0 Å². The smallest absolute Gasteiger partial charge is 0.0567 e. The van der Waals surface area contributed by atoms with E-state index in [-0.39, 0.29) is 10.8 Å². The lowest BCUT2D eigenvalue weighted by Crippen LogP contribution is -2.17. The molecule has 0 saturated heterocycles. The average molecular weight is 769 g/mol. The summed E-state index contributed by atoms with van der Waals surface area (Å²) in [6.45, 7) is 9.48. The predicted molar refractivity (Wildman–Crippen MR) is 254 cm³/mol. The largest absolute Gasteiger partial charge is 0.310 e. The first kappa shape index (κ1) is 34.8. The van der Waals surface area contributed by atoms with Gasteiger partial charge in [0.25, 0.3) is 0 Å². The number of anilines is 3. The summed E-state index contributed by atoms with van der Waals surface area (Å²) in [6, 6.07) is 72.5. The van der Waals surface area contributed by atoms with Crippen molar-refractivity contribution in [2.24, 2.45) is 0 Å². The molecule has 1 heterocycles. The van der Waals surface area contributed by atoms with Crippen molar-refractivity contribution in [2.45, 2.75) is 38.5 Å². The molecule has 1 aromatic heterocycles. The van der Waals surface area contributed by atoms with Crippen molar-refractivity contribution in [1.82, 2.24) is 4.57 Å². The van der Waals surface area contributed by atoms with Crippen LogP contribution < -0.4 is 4.90 Å². The molecule has 0 bridgehead atoms. The van der Waals surface area contributed by atoms with Gasteiger partial charge >= 0.3 is 0 Å². The van der Waals surface area contributed by atoms with E-state index in [9.17, 15) is 0 Å². The lowest BCUT2D eigenvalue weighted by molar-refractivity contribution is 0.660. The predicted octanol–water partition coefficient (Wildman–Crippen LogP) is 15.7. The summed E-state index contributed by atoms with van der Waals surface area (Å²) in [7, 11) is 0. The minimum atomic E-state index is -0.142. The summed E-state index contributed by atoms with van der Waals surface area (Å²) < 4.78 is 2.51. The molecule has 10 aromatic rings. The Morgan fingerprint density at radius 1 is 0.400 bits per heavy atom. The number of benzene rings is 9. The molecule has 0 spiro atoms. The van der Waals surface area contributed by atoms with E-state index >= 15 is 0 Å². The molecule has 9 aromatic carbocycles. The topological polar surface area (TPSA) is 8.17 Å². The zero-order chi connectivity index (χ0) is 40.3. The van der Waals surface area contributed by atoms with E-state index in [0.717, 1.165) is 17.1 Å². The molecule has 0 aliphatic heterocycles. The highest BCUT2D eigenvalue weighted by molar-refractivity contribution is 6.13. The van der Waals surface area contributed by atoms with Crippen LogP contribution in [0.3, 0.4) is 0 Å². The zero-order valence-electron chi connectivity index (χ0n) is 34.4. The summed E-state index contributed by atoms with van der Waals surface area (Å²) in [5.74, 6) is 0. The molecule has 2 aliphatic rings. The molecular weight excluding hydrogens is 725 g/mol. The molecule has 0 radical (unpaired) electrons. The molecule has 12 rings (SSSR count). The van der Waals surface area contributed by atoms with Crippen molar-refractivity contribution >= 4 is 49.6 Å². The molecule has 0 atom stereocenters. The molecule has 60 heavy (non-hydrogen) atoms. The van der Waals surface area contributed by atoms with Crippen molar-refractivity contribution < 1.29 is 0 Å². The van der Waals surface area contributed by atoms with Gasteiger partial charge in [-0.05, 0) is 97.9 Å². The molecule has 2 aliphatic carbocycles. The fourth-order valence-electron chi connectivity index (χ4n) is 10.9. The Hall–Kier alpha value is -7.16. The molecule has 0 unspecified atom stereocenters. The lowest BCUT2D eigenvalue weighted by atomic mass is 9.82. The van der Waals surface area contributed by atoms with Gasteiger partial charge < -0.3 is 9.47 Å². The minimum absolute atomic E-state index is 0.0905. The van der Waals surface area contributed by atoms with E-state index in [4.69, 9.17) is 0 Å². The van der Waals surface area contributed by atoms with Gasteiger partial charge in [0.2, 0.25) is 0 Å². The normalized spacial score (nSPS) is 14.3. The van der Waals surface area contributed by atoms with Crippen molar-refractivity contribution in [3.05, 3.63) is 216 Å². The van der Waals surface area contributed by atoms with Gasteiger partial charge in [-0.2, -0.15) is 0 Å². The van der Waals surface area contributed by atoms with Gasteiger partial charge in [0.1, 0.15) is 0 Å². The monoisotopic (exact) mass is 768 g/mol. The maximum Gasteiger partial charge on any atom is 0.0567 e. The van der Waals surface area contributed by atoms with Crippen molar-refractivity contribution in [3.63, 3.8) is 0 Å². The van der Waals surface area contributed by atoms with Gasteiger partial charge in [0, 0.05) is 43.9 Å². The van der Waals surface area contributed by atoms with E-state index in [1.165, 1.54) is 93.9 Å². The molecule has 2 nitrogen and oxygen atoms in total. The average Bonchev–Trinajstić information content (AvgIpc) is 3.83. The quantitative estimate of drug-likeness (QED) is 0.169. The van der Waals surface area contributed by atoms with Gasteiger partial charge in [-0.1, -0.05) is 179 Å². The van der Waals surface area contributed by atoms with Gasteiger partial charge in [0.15, 0.2) is 0 Å². The Labute approximate surface area is 351 Å². The number of hydrogen-bond donors (Lipinski definition) is 0. The minimum Gasteiger partial charge on any atom is -0.310 e. The van der Waals surface area contributed by atoms with E-state index in [0.29, 0.717) is 0 Å². The molecule has 0 N–H and O–H groups in total. The van der Waals surface area contributed by atoms with Crippen LogP contribution in [0.25, 0.3) is 71.6 Å². The number of hydrogen-bond acceptors (Lipinski definition) is 1. The van der Waals surface area contributed by atoms with Crippen molar-refractivity contribution in [2.75, 3.05) is 4.90 Å². The SMILES string of the molecule is CC1(C)c2ccccc2-c2cc(N(c3cc(-n4c5ccccc5c5ccccc54)c4c(-c5ccccc5)cccc4c3)c3cccc4c3-c3ccccc3C4(C)C)ccc21. The zero-order valence-corrected chi connectivity index (χ0v) is 34.4. The third kappa shape index (κ3) is 4.82. The Balaban J connectivity index is 1.21. The highest BCUT2D eigenvalue weighted by Crippen LogP contribution is 2.56. The van der Waals surface area contributed by atoms with Gasteiger partial charge in [-0.15, -0.1) is 0 Å². The second-order valence-electron chi connectivity index (χ2n) is 17.7. The van der Waals surface area contributed by atoms with Gasteiger partial charge in [0.05, 0.1) is 22.4 Å². The maximum absolute atomic E-state index is 2.55. The standard InChI is InChI=1S/C58H44N2/c1-57(2)47-26-12-8-21-42(47)46-35-39(32-33-49(46)57)59(53-31-17-28-50-56(53)45-24-9-13-27-48(45)58(50,3)4)40-34-38-20-16-25-41(37-18-6-5-7-19-37)55(38)54(36-40)60-51-29-14-10-22-43(51)44-23-11-15-30-52(44)60/h5-36H,1-4H3. The Bertz CT molecular complexity index is 3330. The first-order valence-corrected chi connectivity index (χ1v) is 21.2. The number of nitrogens with zero attached hydrogens (tertiary/aromatic N) is 2. The van der Waals surface area contributed by atoms with Crippen molar-refractivity contribution in [3.8, 4) is 39.1 Å². The summed E-state index contributed by atoms with van der Waals surface area (Å²) in [5.41, 5.74) is 19.9. The van der Waals surface area contributed by atoms with E-state index < -0.39 is 0 Å². The third-order valence-corrected chi connectivity index (χ3v) is 13.8. The summed E-state index contributed by atoms with van der Waals surface area (Å²) >= 11 is 0. The van der Waals surface area contributed by atoms with Gasteiger partial charge in [-0.3, -0.25) is 0 Å². The van der Waals surface area contributed by atoms with Crippen molar-refractivity contribution in [1.29, 1.82) is 0 Å². The van der Waals surface area contributed by atoms with Crippen LogP contribution in [0.1, 0.15) is 49.9 Å². The Kier molecular flexibility index (Phi) is 7.36. The number of fused-ring (bicyclic) bond motifs is 10. The fourth-order valence-corrected chi connectivity index (χ4v) is 10.9. The van der Waals surface area contributed by atoms with Crippen LogP contribution in [0.5, 0.6) is 0 Å². The first-order valence-electron chi connectivity index (χ1n) is 21.2. The lowest BCUT2D eigenvalue weighted by Gasteiger charge is -2.31. The van der Waals surface area contributed by atoms with Gasteiger partial charge in [-0.25, -0.2) is 0 Å². The summed E-state index contributed by atoms with van der Waals surface area (Å²) in [4.78, 5) is 2.55. The van der Waals surface area contributed by atoms with E-state index in [1.807, 2.05) is 0 Å². The molecule has 0 amide bonds. The number of aromatic nitrogens is 1. The highest BCUT2D eigenvalue weighted by atomic mass is 15.1. The second-order valence-corrected chi connectivity index (χ2v) is 17.7. The molecular formula is C58H44N2. The first-order chi connectivity index (χ1) is 29.3. The van der Waals surface area contributed by atoms with Crippen LogP contribution in [0.4, 0.5) is 17.1 Å². The second kappa shape index (κ2) is 12.7. The fraction of sp³-hybridized carbons (Fsp3) is 0.103. The molecule has 2 heteroatoms. The van der Waals surface area contributed by atoms with Crippen LogP contribution in [-0.4, -0.2) is 4.57 Å². The van der Waals surface area contributed by atoms with Crippen LogP contribution in [0.2, 0.25) is 0 Å². The molecule has 0 saturated carbocycles. The Morgan fingerprint density at radius 2 is 0.967 bits per heavy atom. The number of para-hydroxylation sites is 2.